The molecule has 2 heterocycles. The Labute approximate surface area is 149 Å². The molecule has 25 heavy (non-hydrogen) atoms. The van der Waals surface area contributed by atoms with Gasteiger partial charge in [-0.3, -0.25) is 0 Å². The van der Waals surface area contributed by atoms with Crippen LogP contribution in [0.2, 0.25) is 0 Å². The minimum Gasteiger partial charge on any atom is -0.370 e. The summed E-state index contributed by atoms with van der Waals surface area (Å²) in [5.74, 6) is 1.51. The molecule has 0 radical (unpaired) electrons. The van der Waals surface area contributed by atoms with E-state index < -0.39 is 0 Å². The Hall–Kier alpha value is -2.56. The lowest BCUT2D eigenvalue weighted by molar-refractivity contribution is 0.912. The number of anilines is 2. The number of rotatable bonds is 4. The predicted molar refractivity (Wildman–Crippen MR) is 103 cm³/mol. The third-order valence-electron chi connectivity index (χ3n) is 5.04. The molecule has 1 saturated heterocycles. The van der Waals surface area contributed by atoms with Gasteiger partial charge in [0, 0.05) is 25.0 Å². The van der Waals surface area contributed by atoms with Crippen LogP contribution in [0.5, 0.6) is 0 Å². The van der Waals surface area contributed by atoms with Crippen LogP contribution in [0.3, 0.4) is 0 Å². The van der Waals surface area contributed by atoms with Gasteiger partial charge in [-0.05, 0) is 67.0 Å². The average molecular weight is 335 g/mol. The normalized spacial score (nSPS) is 17.0. The second-order valence-corrected chi connectivity index (χ2v) is 6.88. The van der Waals surface area contributed by atoms with Crippen LogP contribution >= 0.6 is 0 Å². The zero-order valence-electron chi connectivity index (χ0n) is 14.5. The van der Waals surface area contributed by atoms with Crippen LogP contribution in [0.1, 0.15) is 36.0 Å². The van der Waals surface area contributed by atoms with Gasteiger partial charge in [0.1, 0.15) is 5.82 Å². The smallest absolute Gasteiger partial charge is 0.193 e. The van der Waals surface area contributed by atoms with Crippen LogP contribution in [-0.4, -0.2) is 24.0 Å². The highest BCUT2D eigenvalue weighted by Crippen LogP contribution is 2.24. The Morgan fingerprint density at radius 1 is 1.08 bits per heavy atom. The summed E-state index contributed by atoms with van der Waals surface area (Å²) in [6.45, 7) is 2.77. The number of hydrogen-bond acceptors (Lipinski definition) is 3. The van der Waals surface area contributed by atoms with E-state index in [1.807, 2.05) is 6.20 Å². The molecule has 5 heteroatoms. The molecule has 0 atom stereocenters. The van der Waals surface area contributed by atoms with Gasteiger partial charge in [0.05, 0.1) is 6.54 Å². The molecule has 5 nitrogen and oxygen atoms in total. The first-order chi connectivity index (χ1) is 12.3. The molecule has 4 rings (SSSR count). The van der Waals surface area contributed by atoms with E-state index in [1.165, 1.54) is 36.8 Å². The summed E-state index contributed by atoms with van der Waals surface area (Å²) >= 11 is 0. The molecule has 2 aliphatic rings. The number of guanidine groups is 1. The van der Waals surface area contributed by atoms with Gasteiger partial charge < -0.3 is 16.0 Å². The van der Waals surface area contributed by atoms with Crippen molar-refractivity contribution in [2.45, 2.75) is 38.6 Å². The first kappa shape index (κ1) is 15.9. The van der Waals surface area contributed by atoms with Gasteiger partial charge in [0.25, 0.3) is 0 Å². The van der Waals surface area contributed by atoms with E-state index in [2.05, 4.69) is 50.5 Å². The number of aryl methyl sites for hydroxylation is 2. The Kier molecular flexibility index (Phi) is 4.55. The van der Waals surface area contributed by atoms with E-state index in [0.717, 1.165) is 36.6 Å². The molecule has 1 aliphatic carbocycles. The van der Waals surface area contributed by atoms with Gasteiger partial charge in [0.2, 0.25) is 0 Å². The van der Waals surface area contributed by atoms with E-state index in [0.29, 0.717) is 12.5 Å². The molecule has 0 saturated carbocycles. The first-order valence-electron chi connectivity index (χ1n) is 9.16. The maximum absolute atomic E-state index is 6.04. The third kappa shape index (κ3) is 3.76. The molecule has 3 N–H and O–H groups in total. The van der Waals surface area contributed by atoms with E-state index >= 15 is 0 Å². The molecule has 1 aromatic carbocycles. The summed E-state index contributed by atoms with van der Waals surface area (Å²) in [6, 6.07) is 10.6. The number of aromatic nitrogens is 1. The number of nitrogens with zero attached hydrogens (tertiary/aromatic N) is 3. The molecule has 1 aliphatic heterocycles. The van der Waals surface area contributed by atoms with Crippen LogP contribution in [0.4, 0.5) is 11.5 Å². The summed E-state index contributed by atoms with van der Waals surface area (Å²) in [4.78, 5) is 11.3. The molecule has 2 aromatic rings. The Morgan fingerprint density at radius 2 is 1.92 bits per heavy atom. The number of hydrogen-bond donors (Lipinski definition) is 2. The summed E-state index contributed by atoms with van der Waals surface area (Å²) in [5, 5.41) is 3.20. The van der Waals surface area contributed by atoms with Crippen LogP contribution < -0.4 is 16.0 Å². The number of pyridine rings is 1. The van der Waals surface area contributed by atoms with Crippen molar-refractivity contribution in [3.05, 3.63) is 53.2 Å². The van der Waals surface area contributed by atoms with Gasteiger partial charge >= 0.3 is 0 Å². The minimum atomic E-state index is 0.446. The van der Waals surface area contributed by atoms with Crippen molar-refractivity contribution in [2.75, 3.05) is 23.3 Å². The number of benzene rings is 1. The van der Waals surface area contributed by atoms with Crippen LogP contribution in [-0.2, 0) is 19.4 Å². The van der Waals surface area contributed by atoms with Gasteiger partial charge in [-0.15, -0.1) is 0 Å². The fraction of sp³-hybridized carbons (Fsp3) is 0.400. The third-order valence-corrected chi connectivity index (χ3v) is 5.04. The van der Waals surface area contributed by atoms with Crippen LogP contribution in [0.15, 0.2) is 41.5 Å². The molecule has 0 bridgehead atoms. The fourth-order valence-corrected chi connectivity index (χ4v) is 3.66. The maximum atomic E-state index is 6.04. The van der Waals surface area contributed by atoms with Gasteiger partial charge in [0.15, 0.2) is 5.96 Å². The second kappa shape index (κ2) is 7.13. The van der Waals surface area contributed by atoms with Crippen molar-refractivity contribution in [1.82, 2.24) is 4.98 Å². The lowest BCUT2D eigenvalue weighted by atomic mass is 10.1. The van der Waals surface area contributed by atoms with Crippen molar-refractivity contribution in [1.29, 1.82) is 0 Å². The lowest BCUT2D eigenvalue weighted by Gasteiger charge is -2.16. The highest BCUT2D eigenvalue weighted by atomic mass is 15.2. The molecule has 1 fully saturated rings. The zero-order valence-corrected chi connectivity index (χ0v) is 14.5. The summed E-state index contributed by atoms with van der Waals surface area (Å²) in [6.07, 6.45) is 8.04. The number of aliphatic imine (C=N–C) groups is 1. The Balaban J connectivity index is 1.36. The maximum Gasteiger partial charge on any atom is 0.193 e. The predicted octanol–water partition coefficient (Wildman–Crippen LogP) is 3.10. The summed E-state index contributed by atoms with van der Waals surface area (Å²) in [5.41, 5.74) is 11.0. The average Bonchev–Trinajstić information content (AvgIpc) is 3.32. The van der Waals surface area contributed by atoms with Crippen molar-refractivity contribution in [3.8, 4) is 0 Å². The van der Waals surface area contributed by atoms with E-state index in [-0.39, 0.29) is 0 Å². The minimum absolute atomic E-state index is 0.446. The highest BCUT2D eigenvalue weighted by Gasteiger charge is 2.13. The SMILES string of the molecule is NC(=NCc1ccc(N2CCCC2)nc1)Nc1ccc2c(c1)CCC2. The molecule has 0 amide bonds. The van der Waals surface area contributed by atoms with E-state index in [1.54, 1.807) is 0 Å². The number of nitrogens with one attached hydrogen (secondary N) is 1. The summed E-state index contributed by atoms with van der Waals surface area (Å²) < 4.78 is 0. The van der Waals surface area contributed by atoms with Crippen molar-refractivity contribution in [3.63, 3.8) is 0 Å². The lowest BCUT2D eigenvalue weighted by Crippen LogP contribution is -2.22. The highest BCUT2D eigenvalue weighted by molar-refractivity contribution is 5.92. The topological polar surface area (TPSA) is 66.5 Å². The van der Waals surface area contributed by atoms with Crippen molar-refractivity contribution in [2.24, 2.45) is 10.7 Å². The number of nitrogens with two attached hydrogens (primary N) is 1. The van der Waals surface area contributed by atoms with Crippen LogP contribution in [0.25, 0.3) is 0 Å². The second-order valence-electron chi connectivity index (χ2n) is 6.88. The zero-order chi connectivity index (χ0) is 17.1. The first-order valence-corrected chi connectivity index (χ1v) is 9.16. The Morgan fingerprint density at radius 3 is 2.72 bits per heavy atom. The van der Waals surface area contributed by atoms with Crippen LogP contribution in [0, 0.1) is 0 Å². The number of fused-ring (bicyclic) bond motifs is 1. The molecule has 130 valence electrons. The largest absolute Gasteiger partial charge is 0.370 e. The summed E-state index contributed by atoms with van der Waals surface area (Å²) in [7, 11) is 0. The molecule has 0 spiro atoms. The standard InChI is InChI=1S/C20H25N5/c21-20(24-18-8-7-16-4-3-5-17(16)12-18)23-14-15-6-9-19(22-13-15)25-10-1-2-11-25/h6-9,12-13H,1-5,10-11,14H2,(H3,21,23,24). The van der Waals surface area contributed by atoms with E-state index in [9.17, 15) is 0 Å². The fourth-order valence-electron chi connectivity index (χ4n) is 3.66. The van der Waals surface area contributed by atoms with Crippen molar-refractivity contribution < 1.29 is 0 Å². The quantitative estimate of drug-likeness (QED) is 0.665. The monoisotopic (exact) mass is 335 g/mol. The van der Waals surface area contributed by atoms with Gasteiger partial charge in [-0.25, -0.2) is 9.98 Å². The van der Waals surface area contributed by atoms with Gasteiger partial charge in [-0.2, -0.15) is 0 Å². The van der Waals surface area contributed by atoms with E-state index in [4.69, 9.17) is 5.73 Å². The molecule has 1 aromatic heterocycles. The van der Waals surface area contributed by atoms with Gasteiger partial charge in [-0.1, -0.05) is 12.1 Å². The molecular formula is C20H25N5. The van der Waals surface area contributed by atoms with Crippen molar-refractivity contribution >= 4 is 17.5 Å². The molecular weight excluding hydrogens is 310 g/mol. The molecule has 0 unspecified atom stereocenters. The Bertz CT molecular complexity index is 760.